The summed E-state index contributed by atoms with van der Waals surface area (Å²) in [5.74, 6) is 1.92. The third-order valence-corrected chi connectivity index (χ3v) is 4.12. The summed E-state index contributed by atoms with van der Waals surface area (Å²) in [5, 5.41) is 0. The lowest BCUT2D eigenvalue weighted by atomic mass is 10.1. The summed E-state index contributed by atoms with van der Waals surface area (Å²) in [5.41, 5.74) is 5.83. The molecule has 0 fully saturated rings. The number of hydrogen-bond acceptors (Lipinski definition) is 4. The van der Waals surface area contributed by atoms with Gasteiger partial charge >= 0.3 is 0 Å². The summed E-state index contributed by atoms with van der Waals surface area (Å²) in [6, 6.07) is 11.9. The normalized spacial score (nSPS) is 12.2. The van der Waals surface area contributed by atoms with Gasteiger partial charge in [-0.25, -0.2) is 0 Å². The molecule has 1 heterocycles. The Morgan fingerprint density at radius 3 is 2.32 bits per heavy atom. The van der Waals surface area contributed by atoms with Gasteiger partial charge in [0.05, 0.1) is 13.7 Å². The van der Waals surface area contributed by atoms with Crippen molar-refractivity contribution in [3.63, 3.8) is 0 Å². The molecule has 102 valence electrons. The van der Waals surface area contributed by atoms with Crippen molar-refractivity contribution >= 4 is 11.3 Å². The van der Waals surface area contributed by atoms with E-state index in [0.29, 0.717) is 13.2 Å². The first-order valence-corrected chi connectivity index (χ1v) is 7.08. The minimum absolute atomic E-state index is 0.251. The maximum atomic E-state index is 5.83. The number of aryl methyl sites for hydroxylation is 1. The van der Waals surface area contributed by atoms with E-state index < -0.39 is 0 Å². The van der Waals surface area contributed by atoms with Gasteiger partial charge in [-0.3, -0.25) is 0 Å². The lowest BCUT2D eigenvalue weighted by Crippen LogP contribution is -2.18. The number of nitrogens with two attached hydrogens (primary N) is 1. The van der Waals surface area contributed by atoms with Crippen molar-refractivity contribution < 1.29 is 9.47 Å². The quantitative estimate of drug-likeness (QED) is 0.882. The highest BCUT2D eigenvalue weighted by molar-refractivity contribution is 7.12. The maximum Gasteiger partial charge on any atom is 0.119 e. The standard InChI is InChI=1S/C15H19NO2S/c1-11-3-8-15(19-11)12(9-16)10-18-14-6-4-13(17-2)5-7-14/h3-8,12H,9-10,16H2,1-2H3. The van der Waals surface area contributed by atoms with Crippen LogP contribution in [-0.2, 0) is 0 Å². The topological polar surface area (TPSA) is 44.5 Å². The first-order valence-electron chi connectivity index (χ1n) is 6.26. The molecule has 3 nitrogen and oxygen atoms in total. The summed E-state index contributed by atoms with van der Waals surface area (Å²) >= 11 is 1.78. The van der Waals surface area contributed by atoms with E-state index in [1.165, 1.54) is 9.75 Å². The third kappa shape index (κ3) is 3.72. The van der Waals surface area contributed by atoms with Crippen molar-refractivity contribution in [2.45, 2.75) is 12.8 Å². The maximum absolute atomic E-state index is 5.83. The van der Waals surface area contributed by atoms with E-state index in [-0.39, 0.29) is 5.92 Å². The predicted octanol–water partition coefficient (Wildman–Crippen LogP) is 3.19. The van der Waals surface area contributed by atoms with Crippen molar-refractivity contribution in [2.24, 2.45) is 5.73 Å². The van der Waals surface area contributed by atoms with E-state index in [0.717, 1.165) is 11.5 Å². The summed E-state index contributed by atoms with van der Waals surface area (Å²) in [6.45, 7) is 3.30. The van der Waals surface area contributed by atoms with Crippen molar-refractivity contribution in [1.82, 2.24) is 0 Å². The van der Waals surface area contributed by atoms with Gasteiger partial charge in [0.2, 0.25) is 0 Å². The van der Waals surface area contributed by atoms with Gasteiger partial charge in [0.15, 0.2) is 0 Å². The van der Waals surface area contributed by atoms with E-state index in [9.17, 15) is 0 Å². The largest absolute Gasteiger partial charge is 0.497 e. The van der Waals surface area contributed by atoms with Crippen LogP contribution < -0.4 is 15.2 Å². The second-order valence-corrected chi connectivity index (χ2v) is 5.69. The van der Waals surface area contributed by atoms with Gasteiger partial charge < -0.3 is 15.2 Å². The SMILES string of the molecule is COc1ccc(OCC(CN)c2ccc(C)s2)cc1. The molecule has 19 heavy (non-hydrogen) atoms. The summed E-state index contributed by atoms with van der Waals surface area (Å²) < 4.78 is 10.9. The van der Waals surface area contributed by atoms with Gasteiger partial charge in [0.1, 0.15) is 11.5 Å². The second-order valence-electron chi connectivity index (χ2n) is 4.37. The zero-order chi connectivity index (χ0) is 13.7. The molecule has 0 radical (unpaired) electrons. The number of benzene rings is 1. The van der Waals surface area contributed by atoms with Crippen molar-refractivity contribution in [3.05, 3.63) is 46.2 Å². The van der Waals surface area contributed by atoms with Crippen molar-refractivity contribution in [3.8, 4) is 11.5 Å². The Kier molecular flexibility index (Phi) is 4.82. The van der Waals surface area contributed by atoms with Crippen LogP contribution in [0.3, 0.4) is 0 Å². The summed E-state index contributed by atoms with van der Waals surface area (Å²) in [7, 11) is 1.65. The van der Waals surface area contributed by atoms with Gasteiger partial charge in [-0.2, -0.15) is 0 Å². The van der Waals surface area contributed by atoms with Crippen LogP contribution in [0.15, 0.2) is 36.4 Å². The molecule has 1 aromatic heterocycles. The van der Waals surface area contributed by atoms with Gasteiger partial charge in [-0.1, -0.05) is 0 Å². The van der Waals surface area contributed by atoms with Gasteiger partial charge in [0, 0.05) is 22.2 Å². The Bertz CT molecular complexity index is 507. The lowest BCUT2D eigenvalue weighted by molar-refractivity contribution is 0.291. The minimum Gasteiger partial charge on any atom is -0.497 e. The van der Waals surface area contributed by atoms with E-state index in [1.807, 2.05) is 24.3 Å². The van der Waals surface area contributed by atoms with Crippen LogP contribution in [0, 0.1) is 6.92 Å². The first-order chi connectivity index (χ1) is 9.22. The Balaban J connectivity index is 1.95. The molecule has 0 saturated heterocycles. The average molecular weight is 277 g/mol. The molecule has 0 spiro atoms. The highest BCUT2D eigenvalue weighted by atomic mass is 32.1. The number of methoxy groups -OCH3 is 1. The molecule has 2 aromatic rings. The highest BCUT2D eigenvalue weighted by Crippen LogP contribution is 2.25. The molecule has 0 bridgehead atoms. The van der Waals surface area contributed by atoms with Crippen LogP contribution in [-0.4, -0.2) is 20.3 Å². The zero-order valence-electron chi connectivity index (χ0n) is 11.3. The Labute approximate surface area is 118 Å². The third-order valence-electron chi connectivity index (χ3n) is 2.96. The van der Waals surface area contributed by atoms with Crippen LogP contribution in [0.5, 0.6) is 11.5 Å². The molecule has 4 heteroatoms. The highest BCUT2D eigenvalue weighted by Gasteiger charge is 2.12. The van der Waals surface area contributed by atoms with Gasteiger partial charge in [-0.15, -0.1) is 11.3 Å². The van der Waals surface area contributed by atoms with Crippen molar-refractivity contribution in [1.29, 1.82) is 0 Å². The Morgan fingerprint density at radius 1 is 1.11 bits per heavy atom. The lowest BCUT2D eigenvalue weighted by Gasteiger charge is -2.14. The van der Waals surface area contributed by atoms with Crippen molar-refractivity contribution in [2.75, 3.05) is 20.3 Å². The molecule has 0 aliphatic carbocycles. The van der Waals surface area contributed by atoms with Crippen LogP contribution in [0.25, 0.3) is 0 Å². The van der Waals surface area contributed by atoms with E-state index in [1.54, 1.807) is 18.4 Å². The van der Waals surface area contributed by atoms with Crippen LogP contribution in [0.2, 0.25) is 0 Å². The molecule has 1 unspecified atom stereocenters. The van der Waals surface area contributed by atoms with E-state index in [2.05, 4.69) is 19.1 Å². The van der Waals surface area contributed by atoms with Crippen LogP contribution in [0.1, 0.15) is 15.7 Å². The molecule has 0 saturated carbocycles. The predicted molar refractivity (Wildman–Crippen MR) is 79.3 cm³/mol. The van der Waals surface area contributed by atoms with E-state index in [4.69, 9.17) is 15.2 Å². The molecular formula is C15H19NO2S. The second kappa shape index (κ2) is 6.59. The fourth-order valence-electron chi connectivity index (χ4n) is 1.81. The zero-order valence-corrected chi connectivity index (χ0v) is 12.1. The Morgan fingerprint density at radius 2 is 1.79 bits per heavy atom. The Hall–Kier alpha value is -1.52. The number of hydrogen-bond donors (Lipinski definition) is 1. The van der Waals surface area contributed by atoms with Crippen LogP contribution >= 0.6 is 11.3 Å². The molecule has 2 rings (SSSR count). The molecule has 2 N–H and O–H groups in total. The van der Waals surface area contributed by atoms with Gasteiger partial charge in [0.25, 0.3) is 0 Å². The first kappa shape index (κ1) is 13.9. The average Bonchev–Trinajstić information content (AvgIpc) is 2.87. The van der Waals surface area contributed by atoms with Crippen LogP contribution in [0.4, 0.5) is 0 Å². The fraction of sp³-hybridized carbons (Fsp3) is 0.333. The summed E-state index contributed by atoms with van der Waals surface area (Å²) in [4.78, 5) is 2.59. The monoisotopic (exact) mass is 277 g/mol. The number of rotatable bonds is 6. The fourth-order valence-corrected chi connectivity index (χ4v) is 2.78. The number of ether oxygens (including phenoxy) is 2. The molecule has 1 atom stereocenters. The molecule has 0 aliphatic rings. The molecule has 1 aromatic carbocycles. The van der Waals surface area contributed by atoms with Gasteiger partial charge in [-0.05, 0) is 43.3 Å². The molecule has 0 aliphatic heterocycles. The van der Waals surface area contributed by atoms with E-state index >= 15 is 0 Å². The minimum atomic E-state index is 0.251. The smallest absolute Gasteiger partial charge is 0.119 e. The molecular weight excluding hydrogens is 258 g/mol. The summed E-state index contributed by atoms with van der Waals surface area (Å²) in [6.07, 6.45) is 0. The number of thiophene rings is 1. The molecule has 0 amide bonds.